The zero-order chi connectivity index (χ0) is 18.0. The fourth-order valence-corrected chi connectivity index (χ4v) is 2.99. The van der Waals surface area contributed by atoms with E-state index >= 15 is 0 Å². The van der Waals surface area contributed by atoms with Crippen molar-refractivity contribution in [3.8, 4) is 0 Å². The Morgan fingerprint density at radius 3 is 2.68 bits per heavy atom. The molecule has 1 heterocycles. The Balaban J connectivity index is 1.81. The van der Waals surface area contributed by atoms with Gasteiger partial charge in [0.1, 0.15) is 11.6 Å². The molecule has 1 aromatic heterocycles. The number of hydrogen-bond acceptors (Lipinski definition) is 2. The zero-order valence-electron chi connectivity index (χ0n) is 14.0. The predicted molar refractivity (Wildman–Crippen MR) is 96.9 cm³/mol. The third kappa shape index (κ3) is 3.82. The van der Waals surface area contributed by atoms with E-state index in [2.05, 4.69) is 15.3 Å². The topological polar surface area (TPSA) is 57.8 Å². The number of aromatic nitrogens is 2. The lowest BCUT2D eigenvalue weighted by Crippen LogP contribution is -2.33. The van der Waals surface area contributed by atoms with Gasteiger partial charge in [-0.2, -0.15) is 0 Å². The summed E-state index contributed by atoms with van der Waals surface area (Å²) in [6.07, 6.45) is -0.116. The van der Waals surface area contributed by atoms with E-state index < -0.39 is 5.82 Å². The molecule has 3 rings (SSSR count). The number of H-pyrrole nitrogens is 1. The first kappa shape index (κ1) is 17.4. The number of para-hydroxylation sites is 2. The van der Waals surface area contributed by atoms with Gasteiger partial charge in [0, 0.05) is 10.6 Å². The van der Waals surface area contributed by atoms with E-state index in [1.165, 1.54) is 12.1 Å². The minimum atomic E-state index is -0.479. The molecule has 0 aliphatic heterocycles. The summed E-state index contributed by atoms with van der Waals surface area (Å²) in [6, 6.07) is 11.8. The second-order valence-electron chi connectivity index (χ2n) is 6.31. The average Bonchev–Trinajstić information content (AvgIpc) is 2.99. The molecule has 1 amide bonds. The van der Waals surface area contributed by atoms with E-state index in [0.29, 0.717) is 5.82 Å². The lowest BCUT2D eigenvalue weighted by Gasteiger charge is -2.20. The fourth-order valence-electron chi connectivity index (χ4n) is 2.76. The number of aromatic amines is 1. The number of nitrogens with zero attached hydrogens (tertiary/aromatic N) is 1. The van der Waals surface area contributed by atoms with Crippen molar-refractivity contribution in [3.05, 3.63) is 64.7 Å². The van der Waals surface area contributed by atoms with Crippen LogP contribution in [0.3, 0.4) is 0 Å². The Kier molecular flexibility index (Phi) is 5.04. The van der Waals surface area contributed by atoms with Gasteiger partial charge >= 0.3 is 0 Å². The summed E-state index contributed by atoms with van der Waals surface area (Å²) in [4.78, 5) is 20.2. The molecule has 0 saturated carbocycles. The van der Waals surface area contributed by atoms with E-state index in [1.54, 1.807) is 6.07 Å². The molecular formula is C19H19ClFN3O. The van der Waals surface area contributed by atoms with Crippen LogP contribution in [0, 0.1) is 11.7 Å². The summed E-state index contributed by atoms with van der Waals surface area (Å²) >= 11 is 6.00. The van der Waals surface area contributed by atoms with Crippen LogP contribution in [0.2, 0.25) is 5.02 Å². The number of benzene rings is 2. The van der Waals surface area contributed by atoms with Crippen LogP contribution < -0.4 is 5.32 Å². The van der Waals surface area contributed by atoms with Gasteiger partial charge in [0.2, 0.25) is 5.91 Å². The SMILES string of the molecule is CC(C)C(NC(=O)Cc1c(F)cccc1Cl)c1nc2ccccc2[nH]1. The highest BCUT2D eigenvalue weighted by Crippen LogP contribution is 2.23. The van der Waals surface area contributed by atoms with Crippen LogP contribution in [0.4, 0.5) is 4.39 Å². The van der Waals surface area contributed by atoms with Crippen molar-refractivity contribution in [1.29, 1.82) is 0 Å². The van der Waals surface area contributed by atoms with Crippen LogP contribution in [-0.4, -0.2) is 15.9 Å². The number of carbonyl (C=O) groups excluding carboxylic acids is 1. The van der Waals surface area contributed by atoms with Crippen molar-refractivity contribution in [3.63, 3.8) is 0 Å². The summed E-state index contributed by atoms with van der Waals surface area (Å²) in [5.74, 6) is 0.0171. The van der Waals surface area contributed by atoms with Crippen molar-refractivity contribution in [2.45, 2.75) is 26.3 Å². The summed E-state index contributed by atoms with van der Waals surface area (Å²) in [7, 11) is 0. The Morgan fingerprint density at radius 1 is 1.24 bits per heavy atom. The molecule has 2 N–H and O–H groups in total. The maximum absolute atomic E-state index is 13.9. The van der Waals surface area contributed by atoms with Crippen LogP contribution in [-0.2, 0) is 11.2 Å². The van der Waals surface area contributed by atoms with Crippen molar-refractivity contribution in [1.82, 2.24) is 15.3 Å². The molecule has 0 aliphatic carbocycles. The number of imidazole rings is 1. The zero-order valence-corrected chi connectivity index (χ0v) is 14.8. The molecule has 4 nitrogen and oxygen atoms in total. The third-order valence-corrected chi connectivity index (χ3v) is 4.44. The van der Waals surface area contributed by atoms with E-state index in [4.69, 9.17) is 11.6 Å². The molecule has 0 spiro atoms. The number of rotatable bonds is 5. The monoisotopic (exact) mass is 359 g/mol. The first-order chi connectivity index (χ1) is 12.0. The van der Waals surface area contributed by atoms with E-state index in [9.17, 15) is 9.18 Å². The van der Waals surface area contributed by atoms with Gasteiger partial charge in [-0.05, 0) is 30.2 Å². The van der Waals surface area contributed by atoms with Gasteiger partial charge in [-0.15, -0.1) is 0 Å². The van der Waals surface area contributed by atoms with E-state index in [1.807, 2.05) is 38.1 Å². The molecular weight excluding hydrogens is 341 g/mol. The van der Waals surface area contributed by atoms with Gasteiger partial charge in [0.25, 0.3) is 0 Å². The highest BCUT2D eigenvalue weighted by molar-refractivity contribution is 6.31. The van der Waals surface area contributed by atoms with Gasteiger partial charge in [-0.25, -0.2) is 9.37 Å². The number of fused-ring (bicyclic) bond motifs is 1. The molecule has 0 saturated heterocycles. The molecule has 130 valence electrons. The van der Waals surface area contributed by atoms with Crippen LogP contribution in [0.25, 0.3) is 11.0 Å². The summed E-state index contributed by atoms with van der Waals surface area (Å²) in [5, 5.41) is 3.19. The number of carbonyl (C=O) groups is 1. The lowest BCUT2D eigenvalue weighted by molar-refractivity contribution is -0.121. The predicted octanol–water partition coefficient (Wildman–Crippen LogP) is 4.41. The molecule has 0 fully saturated rings. The van der Waals surface area contributed by atoms with Crippen molar-refractivity contribution in [2.24, 2.45) is 5.92 Å². The largest absolute Gasteiger partial charge is 0.346 e. The van der Waals surface area contributed by atoms with Crippen LogP contribution >= 0.6 is 11.6 Å². The third-order valence-electron chi connectivity index (χ3n) is 4.08. The smallest absolute Gasteiger partial charge is 0.225 e. The van der Waals surface area contributed by atoms with E-state index in [0.717, 1.165) is 11.0 Å². The number of hydrogen-bond donors (Lipinski definition) is 2. The Hall–Kier alpha value is -2.40. The Morgan fingerprint density at radius 2 is 2.00 bits per heavy atom. The molecule has 1 unspecified atom stereocenters. The maximum atomic E-state index is 13.9. The van der Waals surface area contributed by atoms with Crippen LogP contribution in [0.1, 0.15) is 31.3 Å². The second-order valence-corrected chi connectivity index (χ2v) is 6.71. The van der Waals surface area contributed by atoms with Crippen molar-refractivity contribution in [2.75, 3.05) is 0 Å². The molecule has 25 heavy (non-hydrogen) atoms. The number of nitrogens with one attached hydrogen (secondary N) is 2. The van der Waals surface area contributed by atoms with Gasteiger partial charge in [-0.3, -0.25) is 4.79 Å². The quantitative estimate of drug-likeness (QED) is 0.708. The Bertz CT molecular complexity index is 853. The summed E-state index contributed by atoms with van der Waals surface area (Å²) in [5.41, 5.74) is 1.96. The molecule has 1 atom stereocenters. The van der Waals surface area contributed by atoms with Gasteiger partial charge in [0.05, 0.1) is 23.5 Å². The normalized spacial score (nSPS) is 12.5. The fraction of sp³-hybridized carbons (Fsp3) is 0.263. The van der Waals surface area contributed by atoms with Crippen molar-refractivity contribution < 1.29 is 9.18 Å². The molecule has 2 aromatic carbocycles. The summed E-state index contributed by atoms with van der Waals surface area (Å²) < 4.78 is 13.9. The first-order valence-corrected chi connectivity index (χ1v) is 8.50. The second kappa shape index (κ2) is 7.23. The minimum Gasteiger partial charge on any atom is -0.346 e. The molecule has 0 bridgehead atoms. The molecule has 0 aliphatic rings. The standard InChI is InChI=1S/C19H19ClFN3O/c1-11(2)18(19-22-15-8-3-4-9-16(15)23-19)24-17(25)10-12-13(20)6-5-7-14(12)21/h3-9,11,18H,10H2,1-2H3,(H,22,23)(H,24,25). The van der Waals surface area contributed by atoms with Crippen molar-refractivity contribution >= 4 is 28.5 Å². The minimum absolute atomic E-state index is 0.112. The highest BCUT2D eigenvalue weighted by Gasteiger charge is 2.23. The van der Waals surface area contributed by atoms with Crippen LogP contribution in [0.15, 0.2) is 42.5 Å². The number of halogens is 2. The van der Waals surface area contributed by atoms with Gasteiger partial charge < -0.3 is 10.3 Å². The number of amides is 1. The highest BCUT2D eigenvalue weighted by atomic mass is 35.5. The van der Waals surface area contributed by atoms with Gasteiger partial charge in [0.15, 0.2) is 0 Å². The molecule has 3 aromatic rings. The first-order valence-electron chi connectivity index (χ1n) is 8.12. The van der Waals surface area contributed by atoms with E-state index in [-0.39, 0.29) is 34.9 Å². The Labute approximate surface area is 150 Å². The summed E-state index contributed by atoms with van der Waals surface area (Å²) in [6.45, 7) is 3.99. The van der Waals surface area contributed by atoms with Crippen LogP contribution in [0.5, 0.6) is 0 Å². The molecule has 0 radical (unpaired) electrons. The average molecular weight is 360 g/mol. The van der Waals surface area contributed by atoms with Gasteiger partial charge in [-0.1, -0.05) is 43.6 Å². The molecule has 6 heteroatoms. The lowest BCUT2D eigenvalue weighted by atomic mass is 10.0. The maximum Gasteiger partial charge on any atom is 0.225 e.